The van der Waals surface area contributed by atoms with Gasteiger partial charge in [0.15, 0.2) is 0 Å². The van der Waals surface area contributed by atoms with E-state index in [4.69, 9.17) is 5.21 Å². The van der Waals surface area contributed by atoms with Gasteiger partial charge in [-0.25, -0.2) is 0 Å². The number of piperazine rings is 1. The molecule has 19 heavy (non-hydrogen) atoms. The van der Waals surface area contributed by atoms with Crippen molar-refractivity contribution < 1.29 is 18.4 Å². The van der Waals surface area contributed by atoms with Crippen molar-refractivity contribution >= 4 is 11.4 Å². The van der Waals surface area contributed by atoms with Gasteiger partial charge in [-0.1, -0.05) is 0 Å². The van der Waals surface area contributed by atoms with E-state index in [1.54, 1.807) is 0 Å². The van der Waals surface area contributed by atoms with E-state index in [2.05, 4.69) is 4.90 Å². The lowest BCUT2D eigenvalue weighted by Crippen LogP contribution is -2.44. The van der Waals surface area contributed by atoms with Crippen LogP contribution in [-0.2, 0) is 6.18 Å². The maximum atomic E-state index is 12.6. The van der Waals surface area contributed by atoms with Crippen molar-refractivity contribution in [3.8, 4) is 0 Å². The van der Waals surface area contributed by atoms with Gasteiger partial charge in [-0.15, -0.1) is 0 Å². The molecule has 2 rings (SSSR count). The number of hydrogen-bond acceptors (Lipinski definition) is 4. The summed E-state index contributed by atoms with van der Waals surface area (Å²) in [5, 5.41) is 9.04. The fraction of sp³-hybridized carbons (Fsp3) is 0.500. The first-order chi connectivity index (χ1) is 8.91. The Hall–Kier alpha value is -1.47. The van der Waals surface area contributed by atoms with Crippen molar-refractivity contribution in [3.05, 3.63) is 23.8 Å². The third kappa shape index (κ3) is 3.10. The summed E-state index contributed by atoms with van der Waals surface area (Å²) in [7, 11) is 2.00. The highest BCUT2D eigenvalue weighted by atomic mass is 19.4. The average Bonchev–Trinajstić information content (AvgIpc) is 2.38. The second-order valence-electron chi connectivity index (χ2n) is 4.63. The Balaban J connectivity index is 2.26. The molecule has 2 N–H and O–H groups in total. The van der Waals surface area contributed by atoms with E-state index in [9.17, 15) is 13.2 Å². The SMILES string of the molecule is CN1CCN(c2ccc(C(F)(F)F)cc2NO)CC1. The number of nitrogens with one attached hydrogen (secondary N) is 1. The van der Waals surface area contributed by atoms with Gasteiger partial charge in [-0.3, -0.25) is 10.7 Å². The number of hydrogen-bond donors (Lipinski definition) is 2. The third-order valence-corrected chi connectivity index (χ3v) is 3.29. The molecule has 0 amide bonds. The highest BCUT2D eigenvalue weighted by Crippen LogP contribution is 2.35. The molecule has 4 nitrogen and oxygen atoms in total. The Morgan fingerprint density at radius 1 is 1.16 bits per heavy atom. The van der Waals surface area contributed by atoms with Gasteiger partial charge in [0.25, 0.3) is 0 Å². The zero-order valence-corrected chi connectivity index (χ0v) is 10.5. The lowest BCUT2D eigenvalue weighted by atomic mass is 10.1. The van der Waals surface area contributed by atoms with Crippen LogP contribution in [0.5, 0.6) is 0 Å². The summed E-state index contributed by atoms with van der Waals surface area (Å²) in [5.41, 5.74) is 1.75. The van der Waals surface area contributed by atoms with E-state index in [1.807, 2.05) is 17.4 Å². The Bertz CT molecular complexity index is 442. The quantitative estimate of drug-likeness (QED) is 0.812. The number of rotatable bonds is 2. The summed E-state index contributed by atoms with van der Waals surface area (Å²) in [4.78, 5) is 4.10. The van der Waals surface area contributed by atoms with Gasteiger partial charge in [0.05, 0.1) is 16.9 Å². The molecule has 1 aromatic carbocycles. The maximum Gasteiger partial charge on any atom is 0.416 e. The Kier molecular flexibility index (Phi) is 3.86. The van der Waals surface area contributed by atoms with E-state index >= 15 is 0 Å². The maximum absolute atomic E-state index is 12.6. The summed E-state index contributed by atoms with van der Waals surface area (Å²) in [6, 6.07) is 3.36. The number of halogens is 3. The van der Waals surface area contributed by atoms with Crippen LogP contribution in [0.3, 0.4) is 0 Å². The normalized spacial score (nSPS) is 17.6. The summed E-state index contributed by atoms with van der Waals surface area (Å²) >= 11 is 0. The molecule has 0 spiro atoms. The van der Waals surface area contributed by atoms with Crippen molar-refractivity contribution in [2.45, 2.75) is 6.18 Å². The second kappa shape index (κ2) is 5.26. The standard InChI is InChI=1S/C12H16F3N3O/c1-17-4-6-18(7-5-17)11-3-2-9(12(13,14)15)8-10(11)16-19/h2-3,8,16,19H,4-7H2,1H3. The first kappa shape index (κ1) is 14.0. The van der Waals surface area contributed by atoms with Gasteiger partial charge in [-0.05, 0) is 25.2 Å². The number of likely N-dealkylation sites (N-methyl/N-ethyl adjacent to an activating group) is 1. The van der Waals surface area contributed by atoms with Crippen molar-refractivity contribution in [3.63, 3.8) is 0 Å². The van der Waals surface area contributed by atoms with Crippen LogP contribution in [0.2, 0.25) is 0 Å². The Morgan fingerprint density at radius 3 is 2.32 bits per heavy atom. The monoisotopic (exact) mass is 275 g/mol. The van der Waals surface area contributed by atoms with Crippen molar-refractivity contribution in [2.24, 2.45) is 0 Å². The van der Waals surface area contributed by atoms with Crippen molar-refractivity contribution in [2.75, 3.05) is 43.6 Å². The molecule has 7 heteroatoms. The van der Waals surface area contributed by atoms with Crippen LogP contribution in [0.4, 0.5) is 24.5 Å². The molecular weight excluding hydrogens is 259 g/mol. The Labute approximate surface area is 109 Å². The fourth-order valence-corrected chi connectivity index (χ4v) is 2.13. The molecule has 0 bridgehead atoms. The molecule has 1 aromatic rings. The topological polar surface area (TPSA) is 38.7 Å². The largest absolute Gasteiger partial charge is 0.416 e. The fourth-order valence-electron chi connectivity index (χ4n) is 2.13. The number of nitrogens with zero attached hydrogens (tertiary/aromatic N) is 2. The van der Waals surface area contributed by atoms with E-state index in [-0.39, 0.29) is 5.69 Å². The summed E-state index contributed by atoms with van der Waals surface area (Å²) in [6.45, 7) is 3.12. The molecule has 1 heterocycles. The van der Waals surface area contributed by atoms with E-state index in [0.717, 1.165) is 38.3 Å². The minimum absolute atomic E-state index is 0.0828. The molecule has 0 radical (unpaired) electrons. The lowest BCUT2D eigenvalue weighted by molar-refractivity contribution is -0.137. The highest BCUT2D eigenvalue weighted by molar-refractivity contribution is 5.70. The molecular formula is C12H16F3N3O. The average molecular weight is 275 g/mol. The summed E-state index contributed by atoms with van der Waals surface area (Å²) < 4.78 is 37.8. The lowest BCUT2D eigenvalue weighted by Gasteiger charge is -2.35. The zero-order chi connectivity index (χ0) is 14.0. The zero-order valence-electron chi connectivity index (χ0n) is 10.5. The predicted octanol–water partition coefficient (Wildman–Crippen LogP) is 2.26. The summed E-state index contributed by atoms with van der Waals surface area (Å²) in [6.07, 6.45) is -4.41. The van der Waals surface area contributed by atoms with Crippen molar-refractivity contribution in [1.82, 2.24) is 4.90 Å². The van der Waals surface area contributed by atoms with Crippen LogP contribution in [0.1, 0.15) is 5.56 Å². The van der Waals surface area contributed by atoms with Crippen LogP contribution < -0.4 is 10.4 Å². The van der Waals surface area contributed by atoms with Gasteiger partial charge in [0.2, 0.25) is 0 Å². The highest BCUT2D eigenvalue weighted by Gasteiger charge is 2.31. The number of alkyl halides is 3. The van der Waals surface area contributed by atoms with E-state index in [0.29, 0.717) is 5.69 Å². The molecule has 0 saturated carbocycles. The van der Waals surface area contributed by atoms with Gasteiger partial charge in [-0.2, -0.15) is 13.2 Å². The van der Waals surface area contributed by atoms with Crippen LogP contribution in [0.15, 0.2) is 18.2 Å². The number of benzene rings is 1. The molecule has 0 atom stereocenters. The van der Waals surface area contributed by atoms with Gasteiger partial charge >= 0.3 is 6.18 Å². The molecule has 0 aliphatic carbocycles. The second-order valence-corrected chi connectivity index (χ2v) is 4.63. The molecule has 0 unspecified atom stereocenters. The number of anilines is 2. The van der Waals surface area contributed by atoms with Crippen LogP contribution in [-0.4, -0.2) is 43.3 Å². The summed E-state index contributed by atoms with van der Waals surface area (Å²) in [5.74, 6) is 0. The molecule has 1 aliphatic heterocycles. The Morgan fingerprint density at radius 2 is 1.79 bits per heavy atom. The van der Waals surface area contributed by atoms with Crippen LogP contribution in [0, 0.1) is 0 Å². The molecule has 1 aliphatic rings. The molecule has 0 aromatic heterocycles. The first-order valence-corrected chi connectivity index (χ1v) is 5.96. The predicted molar refractivity (Wildman–Crippen MR) is 66.6 cm³/mol. The molecule has 106 valence electrons. The minimum atomic E-state index is -4.41. The molecule has 1 saturated heterocycles. The van der Waals surface area contributed by atoms with Gasteiger partial charge < -0.3 is 9.80 Å². The smallest absolute Gasteiger partial charge is 0.367 e. The van der Waals surface area contributed by atoms with Crippen LogP contribution in [0.25, 0.3) is 0 Å². The van der Waals surface area contributed by atoms with E-state index < -0.39 is 11.7 Å². The van der Waals surface area contributed by atoms with Crippen molar-refractivity contribution in [1.29, 1.82) is 0 Å². The third-order valence-electron chi connectivity index (χ3n) is 3.29. The first-order valence-electron chi connectivity index (χ1n) is 5.96. The van der Waals surface area contributed by atoms with Crippen LogP contribution >= 0.6 is 0 Å². The molecule has 1 fully saturated rings. The van der Waals surface area contributed by atoms with Gasteiger partial charge in [0, 0.05) is 26.2 Å². The van der Waals surface area contributed by atoms with E-state index in [1.165, 1.54) is 6.07 Å². The minimum Gasteiger partial charge on any atom is -0.367 e. The van der Waals surface area contributed by atoms with Gasteiger partial charge in [0.1, 0.15) is 0 Å².